The molecule has 31 heavy (non-hydrogen) atoms. The predicted molar refractivity (Wildman–Crippen MR) is 121 cm³/mol. The van der Waals surface area contributed by atoms with Crippen molar-refractivity contribution < 1.29 is 14.3 Å². The van der Waals surface area contributed by atoms with E-state index in [4.69, 9.17) is 14.6 Å². The van der Waals surface area contributed by atoms with Crippen LogP contribution in [0, 0.1) is 0 Å². The molecular formula is C22H31N5O3S. The number of benzene rings is 1. The summed E-state index contributed by atoms with van der Waals surface area (Å²) in [5.41, 5.74) is 3.05. The van der Waals surface area contributed by atoms with E-state index < -0.39 is 6.09 Å². The molecule has 1 fully saturated rings. The summed E-state index contributed by atoms with van der Waals surface area (Å²) >= 11 is 1.66. The quantitative estimate of drug-likeness (QED) is 0.586. The summed E-state index contributed by atoms with van der Waals surface area (Å²) in [6.45, 7) is 11.4. The summed E-state index contributed by atoms with van der Waals surface area (Å²) in [5.74, 6) is 0.772. The van der Waals surface area contributed by atoms with Gasteiger partial charge in [-0.1, -0.05) is 0 Å². The second kappa shape index (κ2) is 8.72. The number of rotatable bonds is 5. The maximum atomic E-state index is 11.9. The molecule has 3 heterocycles. The minimum atomic E-state index is -0.403. The number of anilines is 2. The second-order valence-corrected chi connectivity index (χ2v) is 10.2. The second-order valence-electron chi connectivity index (χ2n) is 9.29. The number of nitrogens with zero attached hydrogens (tertiary/aromatic N) is 2. The molecular weight excluding hydrogens is 414 g/mol. The Labute approximate surface area is 187 Å². The molecule has 0 radical (unpaired) electrons. The van der Waals surface area contributed by atoms with E-state index in [0.717, 1.165) is 23.7 Å². The lowest BCUT2D eigenvalue weighted by Crippen LogP contribution is -2.33. The van der Waals surface area contributed by atoms with Crippen molar-refractivity contribution in [2.24, 2.45) is 0 Å². The van der Waals surface area contributed by atoms with Crippen LogP contribution in [-0.2, 0) is 21.6 Å². The number of hydrogen-bond acceptors (Lipinski definition) is 7. The van der Waals surface area contributed by atoms with Crippen molar-refractivity contribution in [2.75, 3.05) is 11.9 Å². The highest BCUT2D eigenvalue weighted by Crippen LogP contribution is 2.35. The average molecular weight is 446 g/mol. The molecule has 0 bridgehead atoms. The van der Waals surface area contributed by atoms with Crippen LogP contribution < -0.4 is 15.4 Å². The van der Waals surface area contributed by atoms with Gasteiger partial charge in [-0.25, -0.2) is 4.79 Å². The summed E-state index contributed by atoms with van der Waals surface area (Å²) in [4.78, 5) is 13.2. The van der Waals surface area contributed by atoms with E-state index in [9.17, 15) is 4.79 Å². The van der Waals surface area contributed by atoms with E-state index in [0.29, 0.717) is 13.0 Å². The standard InChI is InChI=1S/C22H31N5O3S/c1-13(2)24-21(28)30-16-9-18(29-12-16)17-10-20(26-27(17)22(3,4)5)25-15-6-7-19-14(8-15)11-23-31-19/h6-8,10,13,16,18,23H,9,11-12H2,1-5H3,(H,24,28)(H,25,26)/t16-,18-/m0/s1. The maximum absolute atomic E-state index is 11.9. The molecule has 4 rings (SSSR count). The lowest BCUT2D eigenvalue weighted by Gasteiger charge is -2.24. The van der Waals surface area contributed by atoms with Gasteiger partial charge >= 0.3 is 6.09 Å². The van der Waals surface area contributed by atoms with Crippen molar-refractivity contribution in [3.63, 3.8) is 0 Å². The minimum absolute atomic E-state index is 0.0372. The third-order valence-electron chi connectivity index (χ3n) is 5.12. The van der Waals surface area contributed by atoms with Crippen LogP contribution >= 0.6 is 11.9 Å². The van der Waals surface area contributed by atoms with Crippen molar-refractivity contribution in [3.05, 3.63) is 35.5 Å². The van der Waals surface area contributed by atoms with Gasteiger partial charge < -0.3 is 20.1 Å². The van der Waals surface area contributed by atoms with Crippen LogP contribution in [0.4, 0.5) is 16.3 Å². The Balaban J connectivity index is 1.50. The summed E-state index contributed by atoms with van der Waals surface area (Å²) < 4.78 is 16.8. The molecule has 2 aliphatic heterocycles. The first-order valence-corrected chi connectivity index (χ1v) is 11.5. The number of carbonyl (C=O) groups excluding carboxylic acids is 1. The molecule has 1 amide bonds. The first-order valence-electron chi connectivity index (χ1n) is 10.7. The van der Waals surface area contributed by atoms with Gasteiger partial charge in [-0.2, -0.15) is 5.10 Å². The fourth-order valence-electron chi connectivity index (χ4n) is 3.77. The lowest BCUT2D eigenvalue weighted by atomic mass is 10.1. The highest BCUT2D eigenvalue weighted by molar-refractivity contribution is 7.97. The molecule has 1 aromatic heterocycles. The number of alkyl carbamates (subject to hydrolysis) is 1. The van der Waals surface area contributed by atoms with Gasteiger partial charge in [-0.15, -0.1) is 0 Å². The third-order valence-corrected chi connectivity index (χ3v) is 6.03. The van der Waals surface area contributed by atoms with E-state index in [2.05, 4.69) is 54.3 Å². The Morgan fingerprint density at radius 1 is 1.35 bits per heavy atom. The van der Waals surface area contributed by atoms with Crippen molar-refractivity contribution >= 4 is 29.5 Å². The van der Waals surface area contributed by atoms with Crippen LogP contribution in [0.1, 0.15) is 58.4 Å². The molecule has 0 aliphatic carbocycles. The van der Waals surface area contributed by atoms with Crippen molar-refractivity contribution in [1.29, 1.82) is 0 Å². The number of fused-ring (bicyclic) bond motifs is 1. The van der Waals surface area contributed by atoms with Gasteiger partial charge in [-0.05, 0) is 70.3 Å². The Bertz CT molecular complexity index is 953. The number of amides is 1. The van der Waals surface area contributed by atoms with Gasteiger partial charge in [0.1, 0.15) is 12.2 Å². The number of hydrogen-bond donors (Lipinski definition) is 3. The first kappa shape index (κ1) is 22.0. The SMILES string of the molecule is CC(C)NC(=O)O[C@@H]1CO[C@H](c2cc(Nc3ccc4c(c3)CNS4)nn2C(C)(C)C)C1. The van der Waals surface area contributed by atoms with Crippen molar-refractivity contribution in [1.82, 2.24) is 19.8 Å². The number of carbonyl (C=O) groups is 1. The smallest absolute Gasteiger partial charge is 0.407 e. The molecule has 0 saturated carbocycles. The summed E-state index contributed by atoms with van der Waals surface area (Å²) in [6, 6.07) is 8.41. The largest absolute Gasteiger partial charge is 0.444 e. The van der Waals surface area contributed by atoms with Gasteiger partial charge in [-0.3, -0.25) is 9.40 Å². The molecule has 1 aromatic carbocycles. The summed E-state index contributed by atoms with van der Waals surface area (Å²) in [5, 5.41) is 11.0. The number of nitrogens with one attached hydrogen (secondary N) is 3. The first-order chi connectivity index (χ1) is 14.7. The Kier molecular flexibility index (Phi) is 6.18. The van der Waals surface area contributed by atoms with E-state index in [-0.39, 0.29) is 23.8 Å². The van der Waals surface area contributed by atoms with Crippen LogP contribution in [0.2, 0.25) is 0 Å². The normalized spacial score (nSPS) is 20.7. The lowest BCUT2D eigenvalue weighted by molar-refractivity contribution is 0.0657. The molecule has 0 unspecified atom stereocenters. The third kappa shape index (κ3) is 5.16. The Hall–Kier alpha value is -2.23. The van der Waals surface area contributed by atoms with E-state index in [1.54, 1.807) is 11.9 Å². The zero-order valence-electron chi connectivity index (χ0n) is 18.7. The number of aromatic nitrogens is 2. The molecule has 168 valence electrons. The van der Waals surface area contributed by atoms with Gasteiger partial charge in [0.05, 0.1) is 17.8 Å². The van der Waals surface area contributed by atoms with Crippen LogP contribution in [-0.4, -0.2) is 34.6 Å². The fraction of sp³-hybridized carbons (Fsp3) is 0.545. The molecule has 2 aromatic rings. The highest BCUT2D eigenvalue weighted by atomic mass is 32.2. The molecule has 2 atom stereocenters. The van der Waals surface area contributed by atoms with Crippen LogP contribution in [0.15, 0.2) is 29.2 Å². The molecule has 9 heteroatoms. The van der Waals surface area contributed by atoms with Gasteiger partial charge in [0.25, 0.3) is 0 Å². The topological polar surface area (TPSA) is 89.4 Å². The molecule has 0 spiro atoms. The average Bonchev–Trinajstić information content (AvgIpc) is 3.39. The van der Waals surface area contributed by atoms with Crippen molar-refractivity contribution in [2.45, 2.75) is 76.3 Å². The summed E-state index contributed by atoms with van der Waals surface area (Å²) in [6.07, 6.45) is -0.251. The Morgan fingerprint density at radius 3 is 2.90 bits per heavy atom. The maximum Gasteiger partial charge on any atom is 0.407 e. The monoisotopic (exact) mass is 445 g/mol. The predicted octanol–water partition coefficient (Wildman–Crippen LogP) is 4.46. The van der Waals surface area contributed by atoms with Gasteiger partial charge in [0.15, 0.2) is 5.82 Å². The van der Waals surface area contributed by atoms with Crippen LogP contribution in [0.3, 0.4) is 0 Å². The molecule has 2 aliphatic rings. The zero-order chi connectivity index (χ0) is 22.2. The Morgan fingerprint density at radius 2 is 2.16 bits per heavy atom. The molecule has 8 nitrogen and oxygen atoms in total. The minimum Gasteiger partial charge on any atom is -0.444 e. The van der Waals surface area contributed by atoms with E-state index in [1.807, 2.05) is 24.6 Å². The van der Waals surface area contributed by atoms with Gasteiger partial charge in [0, 0.05) is 35.7 Å². The van der Waals surface area contributed by atoms with Crippen LogP contribution in [0.25, 0.3) is 0 Å². The molecule has 1 saturated heterocycles. The number of ether oxygens (including phenoxy) is 2. The molecule has 3 N–H and O–H groups in total. The van der Waals surface area contributed by atoms with Gasteiger partial charge in [0.2, 0.25) is 0 Å². The van der Waals surface area contributed by atoms with E-state index >= 15 is 0 Å². The fourth-order valence-corrected chi connectivity index (χ4v) is 4.55. The van der Waals surface area contributed by atoms with Crippen LogP contribution in [0.5, 0.6) is 0 Å². The summed E-state index contributed by atoms with van der Waals surface area (Å²) in [7, 11) is 0. The van der Waals surface area contributed by atoms with Crippen molar-refractivity contribution in [3.8, 4) is 0 Å². The highest BCUT2D eigenvalue weighted by Gasteiger charge is 2.34. The van der Waals surface area contributed by atoms with E-state index in [1.165, 1.54) is 10.5 Å². The zero-order valence-corrected chi connectivity index (χ0v) is 19.5.